The topological polar surface area (TPSA) is 87.2 Å². The molecule has 4 aromatic heterocycles. The fraction of sp³-hybridized carbons (Fsp3) is 0. The van der Waals surface area contributed by atoms with Crippen LogP contribution in [-0.4, -0.2) is 39.0 Å². The van der Waals surface area contributed by atoms with Crippen molar-refractivity contribution in [2.24, 2.45) is 0 Å². The number of hydrogen-bond acceptors (Lipinski definition) is 6. The molecule has 0 amide bonds. The monoisotopic (exact) mass is 794 g/mol. The Morgan fingerprint density at radius 3 is 0.855 bits per heavy atom. The van der Waals surface area contributed by atoms with Gasteiger partial charge in [-0.05, 0) is 47.5 Å². The summed E-state index contributed by atoms with van der Waals surface area (Å²) < 4.78 is 4.28. The average molecular weight is 795 g/mol. The molecule has 0 radical (unpaired) electrons. The molecule has 290 valence electrons. The fourth-order valence-electron chi connectivity index (χ4n) is 8.57. The van der Waals surface area contributed by atoms with E-state index >= 15 is 0 Å². The Balaban J connectivity index is 0.996. The van der Waals surface area contributed by atoms with Crippen LogP contribution in [0.1, 0.15) is 0 Å². The van der Waals surface area contributed by atoms with E-state index < -0.39 is 0 Å². The molecule has 0 N–H and O–H groups in total. The fourth-order valence-corrected chi connectivity index (χ4v) is 8.57. The minimum Gasteiger partial charge on any atom is -0.278 e. The van der Waals surface area contributed by atoms with Crippen molar-refractivity contribution in [3.63, 3.8) is 0 Å². The highest BCUT2D eigenvalue weighted by atomic mass is 15.2. The number of nitrogens with zero attached hydrogens (tertiary/aromatic N) is 8. The second kappa shape index (κ2) is 14.6. The lowest BCUT2D eigenvalue weighted by atomic mass is 10.0. The molecule has 62 heavy (non-hydrogen) atoms. The second-order valence-corrected chi connectivity index (χ2v) is 15.2. The number of para-hydroxylation sites is 4. The Morgan fingerprint density at radius 1 is 0.226 bits per heavy atom. The van der Waals surface area contributed by atoms with Crippen LogP contribution in [-0.2, 0) is 0 Å². The van der Waals surface area contributed by atoms with Gasteiger partial charge in [-0.15, -0.1) is 0 Å². The first kappa shape index (κ1) is 35.3. The summed E-state index contributed by atoms with van der Waals surface area (Å²) in [6.07, 6.45) is 0. The second-order valence-electron chi connectivity index (χ2n) is 15.2. The Kier molecular flexibility index (Phi) is 8.31. The molecule has 12 aromatic rings. The van der Waals surface area contributed by atoms with E-state index in [-0.39, 0.29) is 0 Å². The van der Waals surface area contributed by atoms with Gasteiger partial charge in [-0.25, -0.2) is 9.97 Å². The van der Waals surface area contributed by atoms with Gasteiger partial charge in [0.2, 0.25) is 11.9 Å². The van der Waals surface area contributed by atoms with Gasteiger partial charge in [-0.3, -0.25) is 9.13 Å². The first-order chi connectivity index (χ1) is 30.7. The van der Waals surface area contributed by atoms with Crippen molar-refractivity contribution in [1.29, 1.82) is 0 Å². The van der Waals surface area contributed by atoms with E-state index in [0.29, 0.717) is 35.2 Å². The van der Waals surface area contributed by atoms with Gasteiger partial charge >= 0.3 is 0 Å². The lowest BCUT2D eigenvalue weighted by Gasteiger charge is -2.12. The van der Waals surface area contributed by atoms with Crippen molar-refractivity contribution >= 4 is 43.6 Å². The third kappa shape index (κ3) is 6.00. The molecule has 8 aromatic carbocycles. The van der Waals surface area contributed by atoms with Crippen LogP contribution in [0.5, 0.6) is 0 Å². The summed E-state index contributed by atoms with van der Waals surface area (Å²) in [5.74, 6) is 3.47. The average Bonchev–Trinajstić information content (AvgIpc) is 3.88. The standard InChI is InChI=1S/C54H34N8/c1-3-17-35(18-4-1)49-55-51(59-53(57-49)61-45-29-11-7-25-41(45)42-26-8-12-30-46(42)61)39-23-15-21-37(33-39)38-22-16-24-40(34-38)52-56-50(36-19-5-2-6-20-36)58-54(60-52)62-47-31-13-9-27-43(47)44-28-10-14-32-48(44)62/h1-34H. The largest absolute Gasteiger partial charge is 0.278 e. The Labute approximate surface area is 356 Å². The Bertz CT molecular complexity index is 3300. The summed E-state index contributed by atoms with van der Waals surface area (Å²) in [5.41, 5.74) is 9.70. The summed E-state index contributed by atoms with van der Waals surface area (Å²) in [6, 6.07) is 70.5. The number of hydrogen-bond donors (Lipinski definition) is 0. The van der Waals surface area contributed by atoms with Crippen LogP contribution in [0.25, 0.3) is 112 Å². The van der Waals surface area contributed by atoms with Crippen LogP contribution in [0.4, 0.5) is 0 Å². The lowest BCUT2D eigenvalue weighted by molar-refractivity contribution is 0.953. The molecule has 8 nitrogen and oxygen atoms in total. The van der Waals surface area contributed by atoms with Crippen LogP contribution in [0.3, 0.4) is 0 Å². The predicted molar refractivity (Wildman–Crippen MR) is 249 cm³/mol. The Morgan fingerprint density at radius 2 is 0.500 bits per heavy atom. The smallest absolute Gasteiger partial charge is 0.238 e. The molecule has 0 saturated carbocycles. The van der Waals surface area contributed by atoms with Crippen molar-refractivity contribution in [3.8, 4) is 68.6 Å². The minimum absolute atomic E-state index is 0.557. The normalized spacial score (nSPS) is 11.5. The van der Waals surface area contributed by atoms with E-state index in [1.54, 1.807) is 0 Å². The van der Waals surface area contributed by atoms with E-state index in [9.17, 15) is 0 Å². The van der Waals surface area contributed by atoms with Gasteiger partial charge in [0.25, 0.3) is 0 Å². The molecule has 0 aliphatic carbocycles. The molecule has 0 unspecified atom stereocenters. The third-order valence-corrected chi connectivity index (χ3v) is 11.4. The van der Waals surface area contributed by atoms with E-state index in [2.05, 4.69) is 155 Å². The summed E-state index contributed by atoms with van der Waals surface area (Å²) in [5, 5.41) is 4.57. The highest BCUT2D eigenvalue weighted by Crippen LogP contribution is 2.35. The molecule has 0 atom stereocenters. The SMILES string of the molecule is c1ccc(-c2nc(-c3cccc(-c4cccc(-c5nc(-c6ccccc6)nc(-n6c7ccccc7c7ccccc76)n5)c4)c3)nc(-n3c4ccccc4c4ccccc43)n2)cc1. The first-order valence-electron chi connectivity index (χ1n) is 20.5. The lowest BCUT2D eigenvalue weighted by Crippen LogP contribution is -2.06. The zero-order valence-electron chi connectivity index (χ0n) is 33.2. The maximum atomic E-state index is 5.20. The number of benzene rings is 8. The maximum absolute atomic E-state index is 5.20. The van der Waals surface area contributed by atoms with Gasteiger partial charge in [0.1, 0.15) is 0 Å². The first-order valence-corrected chi connectivity index (χ1v) is 20.5. The zero-order chi connectivity index (χ0) is 41.0. The molecule has 0 spiro atoms. The summed E-state index contributed by atoms with van der Waals surface area (Å²) >= 11 is 0. The summed E-state index contributed by atoms with van der Waals surface area (Å²) in [6.45, 7) is 0. The van der Waals surface area contributed by atoms with E-state index in [0.717, 1.165) is 77.0 Å². The van der Waals surface area contributed by atoms with Crippen LogP contribution in [0.2, 0.25) is 0 Å². The molecule has 0 saturated heterocycles. The zero-order valence-corrected chi connectivity index (χ0v) is 33.2. The predicted octanol–water partition coefficient (Wildman–Crippen LogP) is 12.6. The van der Waals surface area contributed by atoms with Crippen molar-refractivity contribution in [1.82, 2.24) is 39.0 Å². The Hall–Kier alpha value is -8.62. The molecule has 0 fully saturated rings. The number of rotatable bonds is 7. The van der Waals surface area contributed by atoms with Gasteiger partial charge in [-0.1, -0.05) is 170 Å². The van der Waals surface area contributed by atoms with Crippen LogP contribution in [0, 0.1) is 0 Å². The van der Waals surface area contributed by atoms with Crippen LogP contribution >= 0.6 is 0 Å². The molecule has 4 heterocycles. The van der Waals surface area contributed by atoms with E-state index in [4.69, 9.17) is 29.9 Å². The molecular formula is C54H34N8. The highest BCUT2D eigenvalue weighted by molar-refractivity contribution is 6.10. The number of aromatic nitrogens is 8. The van der Waals surface area contributed by atoms with Gasteiger partial charge in [-0.2, -0.15) is 19.9 Å². The van der Waals surface area contributed by atoms with Gasteiger partial charge in [0.15, 0.2) is 23.3 Å². The molecule has 8 heteroatoms. The van der Waals surface area contributed by atoms with Crippen molar-refractivity contribution in [2.75, 3.05) is 0 Å². The number of fused-ring (bicyclic) bond motifs is 6. The maximum Gasteiger partial charge on any atom is 0.238 e. The highest BCUT2D eigenvalue weighted by Gasteiger charge is 2.20. The third-order valence-electron chi connectivity index (χ3n) is 11.4. The van der Waals surface area contributed by atoms with Gasteiger partial charge < -0.3 is 0 Å². The molecule has 0 aliphatic heterocycles. The van der Waals surface area contributed by atoms with E-state index in [1.807, 2.05) is 60.7 Å². The molecule has 12 rings (SSSR count). The van der Waals surface area contributed by atoms with Crippen LogP contribution < -0.4 is 0 Å². The summed E-state index contributed by atoms with van der Waals surface area (Å²) in [4.78, 5) is 30.8. The van der Waals surface area contributed by atoms with E-state index in [1.165, 1.54) is 0 Å². The molecule has 0 bridgehead atoms. The molecular weight excluding hydrogens is 761 g/mol. The quantitative estimate of drug-likeness (QED) is 0.160. The van der Waals surface area contributed by atoms with Crippen LogP contribution in [0.15, 0.2) is 206 Å². The van der Waals surface area contributed by atoms with Crippen molar-refractivity contribution < 1.29 is 0 Å². The van der Waals surface area contributed by atoms with Gasteiger partial charge in [0, 0.05) is 43.8 Å². The van der Waals surface area contributed by atoms with Crippen molar-refractivity contribution in [3.05, 3.63) is 206 Å². The molecule has 0 aliphatic rings. The summed E-state index contributed by atoms with van der Waals surface area (Å²) in [7, 11) is 0. The minimum atomic E-state index is 0.557. The van der Waals surface area contributed by atoms with Gasteiger partial charge in [0.05, 0.1) is 22.1 Å². The van der Waals surface area contributed by atoms with Crippen molar-refractivity contribution in [2.45, 2.75) is 0 Å².